The van der Waals surface area contributed by atoms with E-state index in [1.54, 1.807) is 81.2 Å². The van der Waals surface area contributed by atoms with E-state index in [9.17, 15) is 18.0 Å². The van der Waals surface area contributed by atoms with Crippen molar-refractivity contribution in [2.24, 2.45) is 0 Å². The summed E-state index contributed by atoms with van der Waals surface area (Å²) < 4.78 is 53.8. The number of para-hydroxylation sites is 3. The van der Waals surface area contributed by atoms with Gasteiger partial charge in [0, 0.05) is 57.0 Å². The summed E-state index contributed by atoms with van der Waals surface area (Å²) in [7, 11) is -1.62. The largest absolute Gasteiger partial charge is 1.00 e. The normalized spacial score (nSPS) is 10.8. The number of ether oxygens (including phenoxy) is 2. The molecule has 0 saturated carbocycles. The number of furan rings is 3. The molecule has 0 fully saturated rings. The third-order valence-electron chi connectivity index (χ3n) is 10.7. The summed E-state index contributed by atoms with van der Waals surface area (Å²) in [5.41, 5.74) is 10.5. The molecule has 85 heavy (non-hydrogen) atoms. The number of aldehydes is 2. The van der Waals surface area contributed by atoms with Gasteiger partial charge in [-0.3, -0.25) is 22.8 Å². The molecule has 9 rings (SSSR count). The second-order valence-electron chi connectivity index (χ2n) is 16.8. The van der Waals surface area contributed by atoms with E-state index in [0.717, 1.165) is 106 Å². The van der Waals surface area contributed by atoms with Gasteiger partial charge in [-0.15, -0.1) is 24.2 Å². The third-order valence-corrected chi connectivity index (χ3v) is 17.8. The van der Waals surface area contributed by atoms with Crippen LogP contribution in [0.15, 0.2) is 159 Å². The Morgan fingerprint density at radius 1 is 0.647 bits per heavy atom. The van der Waals surface area contributed by atoms with Crippen molar-refractivity contribution in [1.82, 2.24) is 0 Å². The van der Waals surface area contributed by atoms with Crippen LogP contribution in [0.25, 0.3) is 39.0 Å². The maximum atomic E-state index is 11.9. The number of phenols is 1. The molecule has 6 aromatic carbocycles. The predicted octanol–water partition coefficient (Wildman–Crippen LogP) is 10.3. The Bertz CT molecular complexity index is 3570. The van der Waals surface area contributed by atoms with Crippen LogP contribution in [0.5, 0.6) is 17.2 Å². The van der Waals surface area contributed by atoms with E-state index in [4.69, 9.17) is 43.0 Å². The van der Waals surface area contributed by atoms with Gasteiger partial charge in [-0.05, 0) is 194 Å². The minimum atomic E-state index is -1.02. The van der Waals surface area contributed by atoms with E-state index >= 15 is 0 Å². The molecule has 0 aliphatic carbocycles. The van der Waals surface area contributed by atoms with Gasteiger partial charge in [0.1, 0.15) is 47.2 Å². The molecular formula is C60H63Br4ClK2O14S4. The first-order valence-corrected chi connectivity index (χ1v) is 33.6. The van der Waals surface area contributed by atoms with Crippen LogP contribution in [0.3, 0.4) is 0 Å². The van der Waals surface area contributed by atoms with Gasteiger partial charge in [-0.1, -0.05) is 58.4 Å². The second kappa shape index (κ2) is 46.4. The zero-order valence-corrected chi connectivity index (χ0v) is 65.0. The SMILES string of the molecule is BrCc1cc(Br)c2occc2c1.CCO.CS/C(=C\c1cccc(C)c1OCc1cc(Br)c2occc2c1)S(C)=O.CSCS(C)=O.Cc1cccc(C=O)c1O.Cc1cccc(C=O)c1OCc1cc(Br)c2occc2c1.Cl.O=CO[O-].[H-].[K+].[K+]. The summed E-state index contributed by atoms with van der Waals surface area (Å²) in [5, 5.41) is 30.0. The van der Waals surface area contributed by atoms with E-state index in [-0.39, 0.29) is 135 Å². The molecule has 9 aromatic rings. The second-order valence-corrected chi connectivity index (χ2v) is 25.1. The summed E-state index contributed by atoms with van der Waals surface area (Å²) in [6.07, 6.45) is 15.7. The van der Waals surface area contributed by atoms with Crippen molar-refractivity contribution in [3.05, 3.63) is 196 Å². The smallest absolute Gasteiger partial charge is 1.00 e. The van der Waals surface area contributed by atoms with Crippen LogP contribution in [0.4, 0.5) is 0 Å². The first-order chi connectivity index (χ1) is 39.3. The molecule has 0 spiro atoms. The molecule has 3 aromatic heterocycles. The monoisotopic (exact) mass is 1560 g/mol. The molecule has 0 aliphatic heterocycles. The van der Waals surface area contributed by atoms with Gasteiger partial charge in [0.05, 0.1) is 63.5 Å². The van der Waals surface area contributed by atoms with Crippen LogP contribution in [0.2, 0.25) is 0 Å². The number of aliphatic hydroxyl groups excluding tert-OH is 1. The van der Waals surface area contributed by atoms with Crippen LogP contribution in [0.1, 0.15) is 68.0 Å². The topological polar surface area (TPSA) is 216 Å². The average Bonchev–Trinajstić information content (AvgIpc) is 2.86. The van der Waals surface area contributed by atoms with Crippen LogP contribution in [0, 0.1) is 20.8 Å². The Labute approximate surface area is 635 Å². The first-order valence-electron chi connectivity index (χ1n) is 24.2. The first kappa shape index (κ1) is 83.3. The maximum Gasteiger partial charge on any atom is 1.00 e. The van der Waals surface area contributed by atoms with Crippen LogP contribution >= 0.6 is 99.7 Å². The number of thioether (sulfide) groups is 2. The molecule has 2 unspecified atom stereocenters. The fraction of sp³-hybridized carbons (Fsp3) is 0.217. The molecule has 0 radical (unpaired) electrons. The summed E-state index contributed by atoms with van der Waals surface area (Å²) in [6.45, 7) is 8.28. The van der Waals surface area contributed by atoms with Crippen molar-refractivity contribution in [3.8, 4) is 17.2 Å². The van der Waals surface area contributed by atoms with Gasteiger partial charge in [0.2, 0.25) is 0 Å². The summed E-state index contributed by atoms with van der Waals surface area (Å²) >= 11 is 17.0. The van der Waals surface area contributed by atoms with E-state index in [1.165, 1.54) is 17.3 Å². The minimum Gasteiger partial charge on any atom is -1.00 e. The number of aromatic hydroxyl groups is 1. The van der Waals surface area contributed by atoms with Gasteiger partial charge in [-0.2, -0.15) is 11.8 Å². The molecule has 14 nitrogen and oxygen atoms in total. The molecule has 0 bridgehead atoms. The van der Waals surface area contributed by atoms with E-state index in [1.807, 2.05) is 99.2 Å². The summed E-state index contributed by atoms with van der Waals surface area (Å²) in [5.74, 6) is 1.53. The minimum absolute atomic E-state index is 0. The predicted molar refractivity (Wildman–Crippen MR) is 355 cm³/mol. The molecule has 0 aliphatic rings. The fourth-order valence-electron chi connectivity index (χ4n) is 7.12. The van der Waals surface area contributed by atoms with Crippen LogP contribution < -0.4 is 118 Å². The number of carbonyl (C=O) groups is 3. The molecule has 448 valence electrons. The molecule has 2 N–H and O–H groups in total. The number of halogens is 5. The Balaban J connectivity index is 0. The number of carbonyl (C=O) groups excluding carboxylic acids is 3. The number of hydrogen-bond acceptors (Lipinski definition) is 16. The summed E-state index contributed by atoms with van der Waals surface area (Å²) in [4.78, 5) is 32.6. The standard InChI is InChI=1S/C20H19BrO3S2.C17H13BrO3.C9H6Br2O.C8H8O2.C3H8OS2.C2H6O.CH2O3.ClH.2K.H/c1-13-5-4-6-15(11-18(25-2)26(3)22)19(13)24-12-14-9-16-7-8-23-20(16)17(21)10-14;1-11-3-2-4-14(9-19)16(11)21-10-12-7-13-5-6-20-17(13)15(18)8-12;10-5-6-3-7-1-2-12-9(7)8(11)4-6;1-6-3-2-4-7(5-9)8(6)10;1-5-3-6(2)4;1-2-3;2-1-4-3;;;;/h4-11H,12H2,1-3H3;2-9H,10H2,1H3;1-4H,5H2;2-5,10H,1H3;3H2,1-2H3;3H,2H2,1H3;1,3H;1H;;;/q;;;;;;;;2*+1;-1/p-1/b18-11+;;;;;;;;;;. The fourth-order valence-corrected chi connectivity index (χ4v) is 12.1. The van der Waals surface area contributed by atoms with Gasteiger partial charge < -0.3 is 44.5 Å². The molecule has 25 heteroatoms. The molecule has 2 atom stereocenters. The zero-order chi connectivity index (χ0) is 60.7. The molecule has 3 heterocycles. The van der Waals surface area contributed by atoms with Gasteiger partial charge in [0.25, 0.3) is 6.47 Å². The molecule has 0 amide bonds. The van der Waals surface area contributed by atoms with E-state index in [2.05, 4.69) is 86.8 Å². The zero-order valence-electron chi connectivity index (χ0n) is 49.3. The van der Waals surface area contributed by atoms with Crippen molar-refractivity contribution in [2.75, 3.05) is 36.7 Å². The van der Waals surface area contributed by atoms with Crippen molar-refractivity contribution >= 4 is 179 Å². The Morgan fingerprint density at radius 2 is 1.02 bits per heavy atom. The van der Waals surface area contributed by atoms with Gasteiger partial charge in [-0.25, -0.2) is 0 Å². The van der Waals surface area contributed by atoms with E-state index < -0.39 is 21.6 Å². The number of phenolic OH excluding ortho intramolecular Hbond substituents is 1. The van der Waals surface area contributed by atoms with Crippen molar-refractivity contribution in [1.29, 1.82) is 0 Å². The number of hydrogen-bond donors (Lipinski definition) is 2. The molecular weight excluding hydrogens is 1510 g/mol. The third kappa shape index (κ3) is 28.6. The quantitative estimate of drug-likeness (QED) is 0.0321. The van der Waals surface area contributed by atoms with E-state index in [0.29, 0.717) is 36.4 Å². The Hall–Kier alpha value is -1.71. The number of aryl methyl sites for hydroxylation is 3. The molecule has 0 saturated heterocycles. The Kier molecular flexibility index (Phi) is 45.4. The van der Waals surface area contributed by atoms with Crippen molar-refractivity contribution in [2.45, 2.75) is 46.2 Å². The van der Waals surface area contributed by atoms with Crippen molar-refractivity contribution < 1.29 is 170 Å². The van der Waals surface area contributed by atoms with Crippen molar-refractivity contribution in [3.63, 3.8) is 0 Å². The average molecular weight is 1570 g/mol. The van der Waals surface area contributed by atoms with Crippen LogP contribution in [-0.4, -0.2) is 74.4 Å². The summed E-state index contributed by atoms with van der Waals surface area (Å²) in [6, 6.07) is 34.6. The van der Waals surface area contributed by atoms with Crippen LogP contribution in [-0.2, 0) is 49.8 Å². The number of aliphatic hydroxyl groups is 1. The number of benzene rings is 6. The Morgan fingerprint density at radius 3 is 1.36 bits per heavy atom. The maximum absolute atomic E-state index is 11.9. The number of fused-ring (bicyclic) bond motifs is 3. The van der Waals surface area contributed by atoms with Gasteiger partial charge in [0.15, 0.2) is 12.6 Å². The number of rotatable bonds is 15. The van der Waals surface area contributed by atoms with Gasteiger partial charge >= 0.3 is 103 Å². The number of alkyl halides is 1.